The Hall–Kier alpha value is -0.860. The molecule has 0 saturated heterocycles. The maximum atomic E-state index is 6.03. The first kappa shape index (κ1) is 14.5. The van der Waals surface area contributed by atoms with Crippen molar-refractivity contribution < 1.29 is 0 Å². The van der Waals surface area contributed by atoms with Crippen LogP contribution in [0.2, 0.25) is 0 Å². The zero-order chi connectivity index (χ0) is 13.8. The number of benzene rings is 1. The van der Waals surface area contributed by atoms with Gasteiger partial charge in [-0.25, -0.2) is 0 Å². The number of nitrogens with zero attached hydrogens (tertiary/aromatic N) is 1. The van der Waals surface area contributed by atoms with Crippen molar-refractivity contribution in [2.24, 2.45) is 11.7 Å². The van der Waals surface area contributed by atoms with E-state index in [0.29, 0.717) is 18.5 Å². The molecule has 2 N–H and O–H groups in total. The predicted octanol–water partition coefficient (Wildman–Crippen LogP) is 3.54. The van der Waals surface area contributed by atoms with Crippen LogP contribution in [0.15, 0.2) is 24.3 Å². The predicted molar refractivity (Wildman–Crippen MR) is 82.3 cm³/mol. The van der Waals surface area contributed by atoms with E-state index in [4.69, 9.17) is 5.73 Å². The largest absolute Gasteiger partial charge is 0.329 e. The molecule has 1 aromatic carbocycles. The first-order valence-corrected chi connectivity index (χ1v) is 7.69. The number of hydrogen-bond acceptors (Lipinski definition) is 2. The molecule has 0 amide bonds. The Morgan fingerprint density at radius 1 is 1.21 bits per heavy atom. The summed E-state index contributed by atoms with van der Waals surface area (Å²) in [5.74, 6) is 1.52. The summed E-state index contributed by atoms with van der Waals surface area (Å²) >= 11 is 0. The van der Waals surface area contributed by atoms with Crippen molar-refractivity contribution in [1.82, 2.24) is 4.90 Å². The molecule has 1 aromatic rings. The fraction of sp³-hybridized carbons (Fsp3) is 0.647. The van der Waals surface area contributed by atoms with Crippen molar-refractivity contribution in [1.29, 1.82) is 0 Å². The van der Waals surface area contributed by atoms with Gasteiger partial charge in [0.2, 0.25) is 0 Å². The number of hydrogen-bond donors (Lipinski definition) is 1. The third kappa shape index (κ3) is 3.80. The molecule has 0 heterocycles. The summed E-state index contributed by atoms with van der Waals surface area (Å²) in [4.78, 5) is 2.50. The molecule has 1 aliphatic carbocycles. The lowest BCUT2D eigenvalue weighted by Crippen LogP contribution is -2.36. The van der Waals surface area contributed by atoms with Crippen LogP contribution < -0.4 is 5.73 Å². The SMILES string of the molecule is CCN(CC(C)C)C(CN)c1ccc(C2CC2)cc1. The number of nitrogens with two attached hydrogens (primary N) is 1. The third-order valence-electron chi connectivity index (χ3n) is 4.04. The zero-order valence-electron chi connectivity index (χ0n) is 12.6. The fourth-order valence-corrected chi connectivity index (χ4v) is 2.85. The van der Waals surface area contributed by atoms with Crippen molar-refractivity contribution in [3.8, 4) is 0 Å². The van der Waals surface area contributed by atoms with E-state index in [0.717, 1.165) is 19.0 Å². The van der Waals surface area contributed by atoms with Gasteiger partial charge in [0, 0.05) is 19.1 Å². The molecule has 2 nitrogen and oxygen atoms in total. The van der Waals surface area contributed by atoms with Gasteiger partial charge in [-0.3, -0.25) is 4.90 Å². The van der Waals surface area contributed by atoms with Crippen molar-refractivity contribution >= 4 is 0 Å². The van der Waals surface area contributed by atoms with Crippen molar-refractivity contribution in [3.63, 3.8) is 0 Å². The average molecular weight is 260 g/mol. The Kier molecular flexibility index (Phi) is 5.00. The van der Waals surface area contributed by atoms with Gasteiger partial charge in [0.15, 0.2) is 0 Å². The highest BCUT2D eigenvalue weighted by Crippen LogP contribution is 2.40. The second-order valence-corrected chi connectivity index (χ2v) is 6.17. The fourth-order valence-electron chi connectivity index (χ4n) is 2.85. The van der Waals surface area contributed by atoms with Crippen LogP contribution in [0.1, 0.15) is 56.7 Å². The Balaban J connectivity index is 2.10. The lowest BCUT2D eigenvalue weighted by Gasteiger charge is -2.31. The summed E-state index contributed by atoms with van der Waals surface area (Å²) < 4.78 is 0. The average Bonchev–Trinajstić information content (AvgIpc) is 3.23. The third-order valence-corrected chi connectivity index (χ3v) is 4.04. The van der Waals surface area contributed by atoms with Crippen LogP contribution in [-0.4, -0.2) is 24.5 Å². The minimum absolute atomic E-state index is 0.362. The minimum atomic E-state index is 0.362. The molecule has 106 valence electrons. The summed E-state index contributed by atoms with van der Waals surface area (Å²) in [5.41, 5.74) is 8.90. The van der Waals surface area contributed by atoms with Crippen LogP contribution in [-0.2, 0) is 0 Å². The van der Waals surface area contributed by atoms with E-state index in [1.807, 2.05) is 0 Å². The standard InChI is InChI=1S/C17H28N2/c1-4-19(12-13(2)3)17(11-18)16-9-7-15(8-10-16)14-5-6-14/h7-10,13-14,17H,4-6,11-12,18H2,1-3H3. The summed E-state index contributed by atoms with van der Waals surface area (Å²) in [7, 11) is 0. The van der Waals surface area contributed by atoms with E-state index in [2.05, 4.69) is 49.9 Å². The first-order chi connectivity index (χ1) is 9.15. The highest BCUT2D eigenvalue weighted by atomic mass is 15.2. The van der Waals surface area contributed by atoms with Gasteiger partial charge < -0.3 is 5.73 Å². The van der Waals surface area contributed by atoms with Gasteiger partial charge in [0.25, 0.3) is 0 Å². The zero-order valence-corrected chi connectivity index (χ0v) is 12.6. The van der Waals surface area contributed by atoms with Crippen molar-refractivity contribution in [2.75, 3.05) is 19.6 Å². The molecule has 0 spiro atoms. The smallest absolute Gasteiger partial charge is 0.0470 e. The molecule has 0 aromatic heterocycles. The number of likely N-dealkylation sites (N-methyl/N-ethyl adjacent to an activating group) is 1. The molecule has 0 radical (unpaired) electrons. The quantitative estimate of drug-likeness (QED) is 0.812. The normalized spacial score (nSPS) is 17.2. The molecule has 0 bridgehead atoms. The van der Waals surface area contributed by atoms with Gasteiger partial charge in [0.1, 0.15) is 0 Å². The maximum absolute atomic E-state index is 6.03. The Labute approximate surface area is 118 Å². The van der Waals surface area contributed by atoms with Gasteiger partial charge in [-0.2, -0.15) is 0 Å². The second-order valence-electron chi connectivity index (χ2n) is 6.17. The van der Waals surface area contributed by atoms with Crippen molar-refractivity contribution in [2.45, 2.75) is 45.6 Å². The Morgan fingerprint density at radius 3 is 2.26 bits per heavy atom. The number of rotatable bonds is 7. The highest BCUT2D eigenvalue weighted by molar-refractivity contribution is 5.30. The molecule has 1 aliphatic rings. The van der Waals surface area contributed by atoms with Crippen LogP contribution >= 0.6 is 0 Å². The molecule has 1 saturated carbocycles. The van der Waals surface area contributed by atoms with E-state index < -0.39 is 0 Å². The molecule has 1 fully saturated rings. The van der Waals surface area contributed by atoms with E-state index in [1.165, 1.54) is 24.0 Å². The van der Waals surface area contributed by atoms with Gasteiger partial charge in [0.05, 0.1) is 0 Å². The first-order valence-electron chi connectivity index (χ1n) is 7.69. The lowest BCUT2D eigenvalue weighted by molar-refractivity contribution is 0.189. The van der Waals surface area contributed by atoms with Crippen molar-refractivity contribution in [3.05, 3.63) is 35.4 Å². The maximum Gasteiger partial charge on any atom is 0.0470 e. The van der Waals surface area contributed by atoms with Gasteiger partial charge in [-0.1, -0.05) is 45.0 Å². The van der Waals surface area contributed by atoms with E-state index in [1.54, 1.807) is 0 Å². The summed E-state index contributed by atoms with van der Waals surface area (Å²) in [5, 5.41) is 0. The van der Waals surface area contributed by atoms with Crippen LogP contribution in [0.3, 0.4) is 0 Å². The molecule has 2 heteroatoms. The van der Waals surface area contributed by atoms with Crippen LogP contribution in [0, 0.1) is 5.92 Å². The Bertz CT molecular complexity index is 379. The minimum Gasteiger partial charge on any atom is -0.329 e. The van der Waals surface area contributed by atoms with Gasteiger partial charge in [-0.05, 0) is 42.3 Å². The van der Waals surface area contributed by atoms with Gasteiger partial charge >= 0.3 is 0 Å². The van der Waals surface area contributed by atoms with E-state index in [-0.39, 0.29) is 0 Å². The van der Waals surface area contributed by atoms with Gasteiger partial charge in [-0.15, -0.1) is 0 Å². The molecular formula is C17H28N2. The monoisotopic (exact) mass is 260 g/mol. The molecule has 0 aliphatic heterocycles. The highest BCUT2D eigenvalue weighted by Gasteiger charge is 2.24. The van der Waals surface area contributed by atoms with E-state index >= 15 is 0 Å². The molecule has 2 rings (SSSR count). The molecule has 19 heavy (non-hydrogen) atoms. The Morgan fingerprint density at radius 2 is 1.84 bits per heavy atom. The molecule has 1 atom stereocenters. The summed E-state index contributed by atoms with van der Waals surface area (Å²) in [6, 6.07) is 9.54. The topological polar surface area (TPSA) is 29.3 Å². The van der Waals surface area contributed by atoms with Crippen LogP contribution in [0.4, 0.5) is 0 Å². The van der Waals surface area contributed by atoms with Crippen LogP contribution in [0.25, 0.3) is 0 Å². The molecular weight excluding hydrogens is 232 g/mol. The lowest BCUT2D eigenvalue weighted by atomic mass is 10.0. The second kappa shape index (κ2) is 6.53. The van der Waals surface area contributed by atoms with Crippen LogP contribution in [0.5, 0.6) is 0 Å². The summed E-state index contributed by atoms with van der Waals surface area (Å²) in [6.07, 6.45) is 2.74. The van der Waals surface area contributed by atoms with E-state index in [9.17, 15) is 0 Å². The molecule has 1 unspecified atom stereocenters. The summed E-state index contributed by atoms with van der Waals surface area (Å²) in [6.45, 7) is 9.64.